The number of carbonyl (C=O) groups excluding carboxylic acids is 2. The van der Waals surface area contributed by atoms with Crippen LogP contribution < -0.4 is 10.5 Å². The van der Waals surface area contributed by atoms with Gasteiger partial charge >= 0.3 is 5.97 Å². The number of benzene rings is 1. The van der Waals surface area contributed by atoms with Crippen LogP contribution in [0.4, 0.5) is 0 Å². The molecule has 0 aliphatic carbocycles. The van der Waals surface area contributed by atoms with E-state index in [1.807, 2.05) is 45.9 Å². The molecule has 0 saturated heterocycles. The molecule has 1 aromatic heterocycles. The zero-order valence-corrected chi connectivity index (χ0v) is 19.3. The van der Waals surface area contributed by atoms with E-state index in [4.69, 9.17) is 27.4 Å². The van der Waals surface area contributed by atoms with Gasteiger partial charge in [0.2, 0.25) is 0 Å². The fourth-order valence-corrected chi connectivity index (χ4v) is 2.45. The molecule has 164 valence electrons. The lowest BCUT2D eigenvalue weighted by atomic mass is 10.1. The van der Waals surface area contributed by atoms with Crippen LogP contribution in [-0.2, 0) is 14.3 Å². The van der Waals surface area contributed by atoms with Gasteiger partial charge in [-0.3, -0.25) is 14.7 Å². The van der Waals surface area contributed by atoms with Gasteiger partial charge in [0.15, 0.2) is 0 Å². The number of ether oxygens (including phenoxy) is 2. The minimum absolute atomic E-state index is 0. The predicted molar refractivity (Wildman–Crippen MR) is 120 cm³/mol. The maximum Gasteiger partial charge on any atom is 0.303 e. The quantitative estimate of drug-likeness (QED) is 0.499. The van der Waals surface area contributed by atoms with Gasteiger partial charge in [-0.25, -0.2) is 0 Å². The molecule has 3 N–H and O–H groups in total. The number of aryl methyl sites for hydroxylation is 1. The summed E-state index contributed by atoms with van der Waals surface area (Å²) in [5, 5.41) is 6.98. The highest BCUT2D eigenvalue weighted by Gasteiger charge is 2.17. The number of Topliss-reactive ketones (excluding diaryl/α,β-unsaturated/α-hetero) is 1. The summed E-state index contributed by atoms with van der Waals surface area (Å²) in [6.45, 7) is 10.7. The summed E-state index contributed by atoms with van der Waals surface area (Å²) in [7, 11) is 0. The molecule has 0 aliphatic rings. The third-order valence-corrected chi connectivity index (χ3v) is 3.59. The molecular formula is C22H31N3O4S. The fourth-order valence-electron chi connectivity index (χ4n) is 2.34. The third kappa shape index (κ3) is 10.8. The number of hydrogen-bond donors (Lipinski definition) is 2. The van der Waals surface area contributed by atoms with E-state index in [0.717, 1.165) is 11.1 Å². The van der Waals surface area contributed by atoms with Crippen LogP contribution in [0.15, 0.2) is 30.3 Å². The maximum atomic E-state index is 11.3. The third-order valence-electron chi connectivity index (χ3n) is 3.36. The lowest BCUT2D eigenvalue weighted by Crippen LogP contribution is -2.26. The monoisotopic (exact) mass is 433 g/mol. The topological polar surface area (TPSA) is 107 Å². The van der Waals surface area contributed by atoms with E-state index in [1.165, 1.54) is 13.8 Å². The molecule has 0 aliphatic heterocycles. The predicted octanol–water partition coefficient (Wildman–Crippen LogP) is 4.15. The van der Waals surface area contributed by atoms with Crippen LogP contribution >= 0.6 is 12.2 Å². The number of carbonyl (C=O) groups is 2. The Kier molecular flexibility index (Phi) is 9.81. The molecule has 0 amide bonds. The molecule has 2 aromatic rings. The number of aromatic nitrogens is 2. The van der Waals surface area contributed by atoms with E-state index in [-0.39, 0.29) is 24.3 Å². The first kappa shape index (κ1) is 25.5. The van der Waals surface area contributed by atoms with Crippen LogP contribution in [0.1, 0.15) is 46.6 Å². The average molecular weight is 434 g/mol. The van der Waals surface area contributed by atoms with Crippen LogP contribution in [0, 0.1) is 11.6 Å². The normalized spacial score (nSPS) is 11.7. The minimum Gasteiger partial charge on any atom is -0.489 e. The summed E-state index contributed by atoms with van der Waals surface area (Å²) < 4.78 is 11.5. The van der Waals surface area contributed by atoms with Crippen molar-refractivity contribution in [2.45, 2.75) is 59.6 Å². The highest BCUT2D eigenvalue weighted by Crippen LogP contribution is 2.29. The maximum absolute atomic E-state index is 11.3. The van der Waals surface area contributed by atoms with Crippen LogP contribution in [0.5, 0.6) is 5.75 Å². The van der Waals surface area contributed by atoms with Crippen molar-refractivity contribution in [2.24, 2.45) is 5.73 Å². The Balaban J connectivity index is 0.000000804. The Morgan fingerprint density at radius 3 is 2.33 bits per heavy atom. The standard InChI is InChI=1S/C18H20N2O4S.C4H11N/c1-11-4-6-17(15(8-11)16-5-7-18(25)20-19-16)23-10-14(9-12(2)21)24-13(3)22;1-4(2,3)5/h4-8,14H,9-10H2,1-3H3,(H,20,25);5H2,1-3H3. The van der Waals surface area contributed by atoms with Crippen molar-refractivity contribution in [3.8, 4) is 17.0 Å². The summed E-state index contributed by atoms with van der Waals surface area (Å²) in [6.07, 6.45) is -0.518. The van der Waals surface area contributed by atoms with Crippen LogP contribution in [0.3, 0.4) is 0 Å². The second-order valence-corrected chi connectivity index (χ2v) is 8.56. The number of ketones is 1. The first-order valence-electron chi connectivity index (χ1n) is 9.60. The molecule has 1 unspecified atom stereocenters. The van der Waals surface area contributed by atoms with Crippen LogP contribution in [-0.4, -0.2) is 40.2 Å². The SMILES string of the molecule is CC(=O)CC(COc1ccc(C)cc1-c1ccc(=S)[nH]n1)OC(C)=O.CC(C)(C)N. The molecule has 0 fully saturated rings. The number of H-pyrrole nitrogens is 1. The van der Waals surface area contributed by atoms with Gasteiger partial charge in [0.25, 0.3) is 0 Å². The van der Waals surface area contributed by atoms with E-state index in [1.54, 1.807) is 12.1 Å². The lowest BCUT2D eigenvalue weighted by Gasteiger charge is -2.18. The number of nitrogens with one attached hydrogen (secondary N) is 1. The van der Waals surface area contributed by atoms with Gasteiger partial charge in [0.05, 0.1) is 5.69 Å². The molecule has 1 aromatic carbocycles. The van der Waals surface area contributed by atoms with Crippen molar-refractivity contribution < 1.29 is 19.1 Å². The zero-order chi connectivity index (χ0) is 22.9. The molecule has 0 saturated carbocycles. The van der Waals surface area contributed by atoms with E-state index in [0.29, 0.717) is 16.1 Å². The summed E-state index contributed by atoms with van der Waals surface area (Å²) in [6, 6.07) is 9.24. The van der Waals surface area contributed by atoms with Gasteiger partial charge in [0.1, 0.15) is 28.9 Å². The Bertz CT molecular complexity index is 877. The smallest absolute Gasteiger partial charge is 0.303 e. The van der Waals surface area contributed by atoms with Crippen LogP contribution in [0.2, 0.25) is 0 Å². The van der Waals surface area contributed by atoms with E-state index in [9.17, 15) is 9.59 Å². The van der Waals surface area contributed by atoms with E-state index >= 15 is 0 Å². The van der Waals surface area contributed by atoms with Gasteiger partial charge < -0.3 is 15.2 Å². The second kappa shape index (κ2) is 11.6. The molecule has 1 heterocycles. The molecule has 30 heavy (non-hydrogen) atoms. The summed E-state index contributed by atoms with van der Waals surface area (Å²) in [5.74, 6) is 0.0666. The van der Waals surface area contributed by atoms with Gasteiger partial charge in [-0.2, -0.15) is 5.10 Å². The molecule has 1 atom stereocenters. The summed E-state index contributed by atoms with van der Waals surface area (Å²) in [4.78, 5) is 22.5. The molecule has 2 rings (SSSR count). The molecule has 0 spiro atoms. The molecule has 7 nitrogen and oxygen atoms in total. The summed E-state index contributed by atoms with van der Waals surface area (Å²) >= 11 is 5.02. The first-order valence-corrected chi connectivity index (χ1v) is 10.0. The van der Waals surface area contributed by atoms with Crippen molar-refractivity contribution >= 4 is 24.0 Å². The van der Waals surface area contributed by atoms with Crippen LogP contribution in [0.25, 0.3) is 11.3 Å². The zero-order valence-electron chi connectivity index (χ0n) is 18.4. The van der Waals surface area contributed by atoms with Crippen molar-refractivity contribution in [1.29, 1.82) is 0 Å². The average Bonchev–Trinajstić information content (AvgIpc) is 2.58. The Morgan fingerprint density at radius 1 is 1.20 bits per heavy atom. The highest BCUT2D eigenvalue weighted by molar-refractivity contribution is 7.71. The Morgan fingerprint density at radius 2 is 1.83 bits per heavy atom. The number of esters is 1. The van der Waals surface area contributed by atoms with E-state index < -0.39 is 12.1 Å². The van der Waals surface area contributed by atoms with Crippen molar-refractivity contribution in [2.75, 3.05) is 6.61 Å². The Labute approximate surface area is 183 Å². The molecule has 0 bridgehead atoms. The molecular weight excluding hydrogens is 402 g/mol. The fraction of sp³-hybridized carbons (Fsp3) is 0.455. The summed E-state index contributed by atoms with van der Waals surface area (Å²) in [5.41, 5.74) is 7.87. The highest BCUT2D eigenvalue weighted by atomic mass is 32.1. The van der Waals surface area contributed by atoms with Crippen molar-refractivity contribution in [3.05, 3.63) is 40.5 Å². The second-order valence-electron chi connectivity index (χ2n) is 8.12. The van der Waals surface area contributed by atoms with E-state index in [2.05, 4.69) is 10.2 Å². The number of nitrogens with zero attached hydrogens (tertiary/aromatic N) is 1. The molecule has 8 heteroatoms. The van der Waals surface area contributed by atoms with Gasteiger partial charge in [-0.1, -0.05) is 23.8 Å². The molecule has 0 radical (unpaired) electrons. The first-order chi connectivity index (χ1) is 13.8. The van der Waals surface area contributed by atoms with Gasteiger partial charge in [-0.05, 0) is 58.9 Å². The van der Waals surface area contributed by atoms with Gasteiger partial charge in [0, 0.05) is 24.4 Å². The lowest BCUT2D eigenvalue weighted by molar-refractivity contribution is -0.149. The largest absolute Gasteiger partial charge is 0.489 e. The van der Waals surface area contributed by atoms with Gasteiger partial charge in [-0.15, -0.1) is 0 Å². The number of aromatic amines is 1. The van der Waals surface area contributed by atoms with Crippen molar-refractivity contribution in [1.82, 2.24) is 10.2 Å². The number of rotatable bonds is 7. The number of nitrogens with two attached hydrogens (primary N) is 1. The van der Waals surface area contributed by atoms with Crippen molar-refractivity contribution in [3.63, 3.8) is 0 Å². The Hall–Kier alpha value is -2.58. The number of hydrogen-bond acceptors (Lipinski definition) is 7. The minimum atomic E-state index is -0.626.